The van der Waals surface area contributed by atoms with Crippen molar-refractivity contribution in [3.05, 3.63) is 88.3 Å². The van der Waals surface area contributed by atoms with Crippen molar-refractivity contribution in [3.8, 4) is 11.5 Å². The number of amides is 1. The van der Waals surface area contributed by atoms with Crippen molar-refractivity contribution in [1.82, 2.24) is 15.1 Å². The van der Waals surface area contributed by atoms with Gasteiger partial charge >= 0.3 is 6.36 Å². The third-order valence-electron chi connectivity index (χ3n) is 4.37. The van der Waals surface area contributed by atoms with Crippen LogP contribution >= 0.6 is 0 Å². The van der Waals surface area contributed by atoms with Gasteiger partial charge in [0.25, 0.3) is 11.5 Å². The molecule has 0 radical (unpaired) electrons. The average molecular weight is 463 g/mol. The van der Waals surface area contributed by atoms with Crippen LogP contribution < -0.4 is 20.3 Å². The first-order valence-corrected chi connectivity index (χ1v) is 9.79. The molecule has 33 heavy (non-hydrogen) atoms. The molecule has 0 aliphatic carbocycles. The van der Waals surface area contributed by atoms with Crippen LogP contribution in [0.4, 0.5) is 13.2 Å². The van der Waals surface area contributed by atoms with Crippen LogP contribution in [-0.4, -0.2) is 40.3 Å². The number of alkyl halides is 3. The van der Waals surface area contributed by atoms with Gasteiger partial charge in [-0.05, 0) is 35.9 Å². The number of ether oxygens (including phenoxy) is 2. The highest BCUT2D eigenvalue weighted by atomic mass is 19.4. The van der Waals surface area contributed by atoms with Gasteiger partial charge in [0.15, 0.2) is 0 Å². The summed E-state index contributed by atoms with van der Waals surface area (Å²) in [6.07, 6.45) is -6.00. The SMILES string of the molecule is O=C(NCC(O)c1ccc(OC(F)(F)F)cc1)c1ccc(=O)n(CCOc2ccccc2)n1. The first-order valence-electron chi connectivity index (χ1n) is 9.79. The number of nitrogens with one attached hydrogen (secondary N) is 1. The number of nitrogens with zero attached hydrogens (tertiary/aromatic N) is 2. The van der Waals surface area contributed by atoms with Crippen LogP contribution in [0.5, 0.6) is 11.5 Å². The van der Waals surface area contributed by atoms with Gasteiger partial charge in [0.1, 0.15) is 23.8 Å². The number of carbonyl (C=O) groups is 1. The average Bonchev–Trinajstić information content (AvgIpc) is 2.78. The number of hydrogen-bond donors (Lipinski definition) is 2. The molecule has 174 valence electrons. The van der Waals surface area contributed by atoms with Gasteiger partial charge in [0.05, 0.1) is 12.6 Å². The van der Waals surface area contributed by atoms with Crippen molar-refractivity contribution in [3.63, 3.8) is 0 Å². The molecule has 1 heterocycles. The number of halogens is 3. The molecule has 1 atom stereocenters. The van der Waals surface area contributed by atoms with Gasteiger partial charge in [-0.15, -0.1) is 13.2 Å². The van der Waals surface area contributed by atoms with Crippen LogP contribution in [0.2, 0.25) is 0 Å². The first-order chi connectivity index (χ1) is 15.7. The van der Waals surface area contributed by atoms with E-state index in [1.165, 1.54) is 24.3 Å². The molecular weight excluding hydrogens is 443 g/mol. The number of carbonyl (C=O) groups excluding carboxylic acids is 1. The van der Waals surface area contributed by atoms with Crippen molar-refractivity contribution < 1.29 is 32.5 Å². The van der Waals surface area contributed by atoms with Crippen LogP contribution in [0, 0.1) is 0 Å². The predicted octanol–water partition coefficient (Wildman–Crippen LogP) is 2.68. The quantitative estimate of drug-likeness (QED) is 0.506. The highest BCUT2D eigenvalue weighted by molar-refractivity contribution is 5.92. The summed E-state index contributed by atoms with van der Waals surface area (Å²) >= 11 is 0. The monoisotopic (exact) mass is 463 g/mol. The van der Waals surface area contributed by atoms with Crippen LogP contribution in [0.1, 0.15) is 22.2 Å². The van der Waals surface area contributed by atoms with E-state index in [4.69, 9.17) is 4.74 Å². The Labute approximate surface area is 186 Å². The van der Waals surface area contributed by atoms with Gasteiger partial charge in [-0.25, -0.2) is 4.68 Å². The van der Waals surface area contributed by atoms with Crippen molar-refractivity contribution in [2.24, 2.45) is 0 Å². The molecule has 1 aromatic heterocycles. The standard InChI is InChI=1S/C22H20F3N3O5/c23-22(24,25)33-17-8-6-15(7-9-17)19(29)14-26-21(31)18-10-11-20(30)28(27-18)12-13-32-16-4-2-1-3-5-16/h1-11,19,29H,12-14H2,(H,26,31). The Hall–Kier alpha value is -3.86. The Morgan fingerprint density at radius 1 is 1.03 bits per heavy atom. The molecule has 2 aromatic carbocycles. The minimum absolute atomic E-state index is 0.0459. The zero-order valence-electron chi connectivity index (χ0n) is 17.2. The predicted molar refractivity (Wildman–Crippen MR) is 111 cm³/mol. The van der Waals surface area contributed by atoms with Crippen molar-refractivity contribution in [1.29, 1.82) is 0 Å². The van der Waals surface area contributed by atoms with Crippen LogP contribution in [0.25, 0.3) is 0 Å². The topological polar surface area (TPSA) is 103 Å². The zero-order valence-corrected chi connectivity index (χ0v) is 17.2. The molecule has 0 saturated heterocycles. The molecule has 1 amide bonds. The molecule has 0 fully saturated rings. The summed E-state index contributed by atoms with van der Waals surface area (Å²) in [7, 11) is 0. The van der Waals surface area contributed by atoms with E-state index in [-0.39, 0.29) is 31.0 Å². The number of rotatable bonds is 9. The van der Waals surface area contributed by atoms with Gasteiger partial charge in [-0.2, -0.15) is 5.10 Å². The second kappa shape index (κ2) is 10.6. The minimum Gasteiger partial charge on any atom is -0.492 e. The molecule has 2 N–H and O–H groups in total. The molecule has 11 heteroatoms. The molecule has 0 spiro atoms. The maximum atomic E-state index is 12.4. The van der Waals surface area contributed by atoms with Crippen molar-refractivity contribution in [2.75, 3.05) is 13.2 Å². The van der Waals surface area contributed by atoms with Crippen LogP contribution in [0.3, 0.4) is 0 Å². The van der Waals surface area contributed by atoms with Gasteiger partial charge in [0.2, 0.25) is 0 Å². The molecular formula is C22H20F3N3O5. The zero-order chi connectivity index (χ0) is 23.8. The Morgan fingerprint density at radius 2 is 1.73 bits per heavy atom. The number of para-hydroxylation sites is 1. The third-order valence-corrected chi connectivity index (χ3v) is 4.37. The van der Waals surface area contributed by atoms with Gasteiger partial charge < -0.3 is 19.9 Å². The normalized spacial score (nSPS) is 12.1. The van der Waals surface area contributed by atoms with E-state index in [0.717, 1.165) is 16.8 Å². The lowest BCUT2D eigenvalue weighted by Gasteiger charge is -2.14. The smallest absolute Gasteiger partial charge is 0.492 e. The van der Waals surface area contributed by atoms with Crippen molar-refractivity contribution in [2.45, 2.75) is 19.0 Å². The van der Waals surface area contributed by atoms with Gasteiger partial charge in [-0.3, -0.25) is 9.59 Å². The van der Waals surface area contributed by atoms with Gasteiger partial charge in [-0.1, -0.05) is 30.3 Å². The molecule has 1 unspecified atom stereocenters. The fraction of sp³-hybridized carbons (Fsp3) is 0.227. The summed E-state index contributed by atoms with van der Waals surface area (Å²) in [5, 5.41) is 16.7. The molecule has 0 bridgehead atoms. The van der Waals surface area contributed by atoms with E-state index in [1.807, 2.05) is 18.2 Å². The van der Waals surface area contributed by atoms with Gasteiger partial charge in [0, 0.05) is 12.6 Å². The summed E-state index contributed by atoms with van der Waals surface area (Å²) in [6, 6.07) is 16.1. The minimum atomic E-state index is -4.81. The molecule has 0 saturated carbocycles. The Morgan fingerprint density at radius 3 is 2.39 bits per heavy atom. The van der Waals surface area contributed by atoms with E-state index >= 15 is 0 Å². The summed E-state index contributed by atoms with van der Waals surface area (Å²) in [4.78, 5) is 24.4. The molecule has 3 aromatic rings. The molecule has 0 aliphatic rings. The number of hydrogen-bond acceptors (Lipinski definition) is 6. The highest BCUT2D eigenvalue weighted by Crippen LogP contribution is 2.24. The van der Waals surface area contributed by atoms with E-state index in [2.05, 4.69) is 15.2 Å². The van der Waals surface area contributed by atoms with Crippen molar-refractivity contribution >= 4 is 5.91 Å². The Balaban J connectivity index is 1.54. The molecule has 8 nitrogen and oxygen atoms in total. The lowest BCUT2D eigenvalue weighted by atomic mass is 10.1. The third kappa shape index (κ3) is 7.35. The summed E-state index contributed by atoms with van der Waals surface area (Å²) in [6.45, 7) is 0.0504. The lowest BCUT2D eigenvalue weighted by Crippen LogP contribution is -2.32. The van der Waals surface area contributed by atoms with E-state index < -0.39 is 29.7 Å². The van der Waals surface area contributed by atoms with E-state index in [9.17, 15) is 27.9 Å². The summed E-state index contributed by atoms with van der Waals surface area (Å²) < 4.78 is 47.0. The summed E-state index contributed by atoms with van der Waals surface area (Å²) in [5.74, 6) is -0.430. The maximum absolute atomic E-state index is 12.4. The number of aliphatic hydroxyl groups is 1. The van der Waals surface area contributed by atoms with E-state index in [1.54, 1.807) is 12.1 Å². The highest BCUT2D eigenvalue weighted by Gasteiger charge is 2.31. The maximum Gasteiger partial charge on any atom is 0.573 e. The van der Waals surface area contributed by atoms with Crippen LogP contribution in [0.15, 0.2) is 71.5 Å². The van der Waals surface area contributed by atoms with E-state index in [0.29, 0.717) is 5.75 Å². The summed E-state index contributed by atoms with van der Waals surface area (Å²) in [5.41, 5.74) is -0.180. The first kappa shape index (κ1) is 23.8. The Kier molecular flexibility index (Phi) is 7.67. The fourth-order valence-corrected chi connectivity index (χ4v) is 2.79. The molecule has 0 aliphatic heterocycles. The largest absolute Gasteiger partial charge is 0.573 e. The lowest BCUT2D eigenvalue weighted by molar-refractivity contribution is -0.274. The second-order valence-electron chi connectivity index (χ2n) is 6.78. The second-order valence-corrected chi connectivity index (χ2v) is 6.78. The fourth-order valence-electron chi connectivity index (χ4n) is 2.79. The number of aromatic nitrogens is 2. The number of aliphatic hydroxyl groups excluding tert-OH is 1. The number of benzene rings is 2. The molecule has 3 rings (SSSR count). The van der Waals surface area contributed by atoms with Crippen LogP contribution in [-0.2, 0) is 6.54 Å². The Bertz CT molecular complexity index is 1120.